The minimum absolute atomic E-state index is 0.354. The Labute approximate surface area is 131 Å². The summed E-state index contributed by atoms with van der Waals surface area (Å²) in [6.45, 7) is 0. The summed E-state index contributed by atoms with van der Waals surface area (Å²) >= 11 is 2.94. The van der Waals surface area contributed by atoms with Crippen molar-refractivity contribution in [3.05, 3.63) is 34.3 Å². The third kappa shape index (κ3) is 2.41. The van der Waals surface area contributed by atoms with Crippen LogP contribution in [0.5, 0.6) is 0 Å². The van der Waals surface area contributed by atoms with Crippen LogP contribution in [-0.2, 0) is 5.66 Å². The molecule has 1 aliphatic heterocycles. The van der Waals surface area contributed by atoms with Crippen molar-refractivity contribution >= 4 is 15.9 Å². The molecular formula is C11H6BrF9N2. The molecule has 0 amide bonds. The lowest BCUT2D eigenvalue weighted by Gasteiger charge is -2.36. The second kappa shape index (κ2) is 4.99. The van der Waals surface area contributed by atoms with Crippen molar-refractivity contribution in [3.63, 3.8) is 0 Å². The number of hydrogen-bond acceptors (Lipinski definition) is 2. The molecular weight excluding hydrogens is 411 g/mol. The van der Waals surface area contributed by atoms with Crippen molar-refractivity contribution in [2.24, 2.45) is 0 Å². The standard InChI is InChI=1S/C11H6BrF9N2/c12-6-3-1-5(2-4-6)7(22-23-7)8(13,14)9(15,16)10(17,18)11(19,20)21/h1-4,22-23H. The molecule has 0 spiro atoms. The fourth-order valence-corrected chi connectivity index (χ4v) is 2.12. The van der Waals surface area contributed by atoms with Gasteiger partial charge in [0.2, 0.25) is 0 Å². The monoisotopic (exact) mass is 416 g/mol. The minimum Gasteiger partial charge on any atom is -0.225 e. The number of rotatable bonds is 4. The van der Waals surface area contributed by atoms with Gasteiger partial charge in [-0.15, -0.1) is 0 Å². The highest BCUT2D eigenvalue weighted by Crippen LogP contribution is 2.59. The van der Waals surface area contributed by atoms with Gasteiger partial charge in [0, 0.05) is 4.47 Å². The average molecular weight is 417 g/mol. The lowest BCUT2D eigenvalue weighted by atomic mass is 9.89. The number of halogens is 10. The van der Waals surface area contributed by atoms with E-state index in [1.165, 1.54) is 0 Å². The molecule has 1 aromatic carbocycles. The first-order chi connectivity index (χ1) is 10.2. The lowest BCUT2D eigenvalue weighted by molar-refractivity contribution is -0.401. The number of hydrogen-bond donors (Lipinski definition) is 2. The van der Waals surface area contributed by atoms with E-state index in [1.54, 1.807) is 10.9 Å². The van der Waals surface area contributed by atoms with Gasteiger partial charge >= 0.3 is 23.9 Å². The predicted molar refractivity (Wildman–Crippen MR) is 63.0 cm³/mol. The zero-order chi connectivity index (χ0) is 17.9. The van der Waals surface area contributed by atoms with Crippen LogP contribution in [-0.4, -0.2) is 23.9 Å². The number of benzene rings is 1. The number of alkyl halides is 9. The predicted octanol–water partition coefficient (Wildman–Crippen LogP) is 4.18. The third-order valence-corrected chi connectivity index (χ3v) is 3.80. The Kier molecular flexibility index (Phi) is 3.98. The molecule has 0 aromatic heterocycles. The first-order valence-electron chi connectivity index (χ1n) is 5.71. The van der Waals surface area contributed by atoms with Gasteiger partial charge in [-0.2, -0.15) is 39.5 Å². The summed E-state index contributed by atoms with van der Waals surface area (Å²) < 4.78 is 117. The molecule has 2 N–H and O–H groups in total. The fourth-order valence-electron chi connectivity index (χ4n) is 1.86. The normalized spacial score (nSPS) is 18.9. The van der Waals surface area contributed by atoms with Crippen LogP contribution >= 0.6 is 15.9 Å². The Balaban J connectivity index is 2.50. The van der Waals surface area contributed by atoms with Crippen LogP contribution in [0.1, 0.15) is 5.56 Å². The summed E-state index contributed by atoms with van der Waals surface area (Å²) in [6.07, 6.45) is -6.85. The van der Waals surface area contributed by atoms with Crippen LogP contribution in [0.3, 0.4) is 0 Å². The molecule has 0 atom stereocenters. The van der Waals surface area contributed by atoms with Gasteiger partial charge in [-0.1, -0.05) is 28.1 Å². The van der Waals surface area contributed by atoms with Crippen LogP contribution in [0.4, 0.5) is 39.5 Å². The molecule has 1 aliphatic rings. The van der Waals surface area contributed by atoms with Gasteiger partial charge in [0.25, 0.3) is 0 Å². The van der Waals surface area contributed by atoms with E-state index in [1.807, 2.05) is 0 Å². The van der Waals surface area contributed by atoms with Crippen molar-refractivity contribution < 1.29 is 39.5 Å². The molecule has 2 nitrogen and oxygen atoms in total. The van der Waals surface area contributed by atoms with E-state index in [2.05, 4.69) is 15.9 Å². The zero-order valence-electron chi connectivity index (χ0n) is 10.6. The van der Waals surface area contributed by atoms with Crippen LogP contribution < -0.4 is 10.9 Å². The van der Waals surface area contributed by atoms with Gasteiger partial charge in [-0.05, 0) is 17.7 Å². The summed E-state index contributed by atoms with van der Waals surface area (Å²) in [5.74, 6) is -19.4. The Morgan fingerprint density at radius 1 is 0.739 bits per heavy atom. The van der Waals surface area contributed by atoms with Crippen LogP contribution in [0.25, 0.3) is 0 Å². The largest absolute Gasteiger partial charge is 0.460 e. The molecule has 23 heavy (non-hydrogen) atoms. The van der Waals surface area contributed by atoms with Gasteiger partial charge in [0.15, 0.2) is 5.66 Å². The van der Waals surface area contributed by atoms with Gasteiger partial charge in [0.1, 0.15) is 0 Å². The maximum Gasteiger partial charge on any atom is 0.460 e. The molecule has 12 heteroatoms. The Morgan fingerprint density at radius 3 is 1.52 bits per heavy atom. The molecule has 130 valence electrons. The Bertz CT molecular complexity index is 593. The van der Waals surface area contributed by atoms with Crippen LogP contribution in [0, 0.1) is 0 Å². The Hall–Kier alpha value is -1.01. The van der Waals surface area contributed by atoms with Crippen molar-refractivity contribution in [1.29, 1.82) is 0 Å². The van der Waals surface area contributed by atoms with Crippen molar-refractivity contribution in [2.75, 3.05) is 0 Å². The molecule has 1 fully saturated rings. The molecule has 2 rings (SSSR count). The Morgan fingerprint density at radius 2 is 1.17 bits per heavy atom. The van der Waals surface area contributed by atoms with Crippen LogP contribution in [0.15, 0.2) is 28.7 Å². The SMILES string of the molecule is FC(F)(F)C(F)(F)C(F)(F)C(F)(F)C1(c2ccc(Br)cc2)NN1. The quantitative estimate of drug-likeness (QED) is 0.571. The molecule has 1 aromatic rings. The first kappa shape index (κ1) is 18.3. The van der Waals surface area contributed by atoms with E-state index in [4.69, 9.17) is 0 Å². The summed E-state index contributed by atoms with van der Waals surface area (Å²) in [6, 6.07) is 4.00. The van der Waals surface area contributed by atoms with Crippen LogP contribution in [0.2, 0.25) is 0 Å². The third-order valence-electron chi connectivity index (χ3n) is 3.27. The molecule has 0 radical (unpaired) electrons. The van der Waals surface area contributed by atoms with Crippen molar-refractivity contribution in [2.45, 2.75) is 29.6 Å². The molecule has 0 unspecified atom stereocenters. The highest BCUT2D eigenvalue weighted by molar-refractivity contribution is 9.10. The van der Waals surface area contributed by atoms with E-state index in [-0.39, 0.29) is 0 Å². The summed E-state index contributed by atoms with van der Waals surface area (Å²) in [4.78, 5) is 0. The molecule has 0 aliphatic carbocycles. The van der Waals surface area contributed by atoms with Gasteiger partial charge in [0.05, 0.1) is 0 Å². The second-order valence-corrected chi connectivity index (χ2v) is 5.64. The maximum absolute atomic E-state index is 14.0. The zero-order valence-corrected chi connectivity index (χ0v) is 12.2. The lowest BCUT2D eigenvalue weighted by Crippen LogP contribution is -2.65. The average Bonchev–Trinajstić information content (AvgIpc) is 3.19. The van der Waals surface area contributed by atoms with Gasteiger partial charge in [-0.25, -0.2) is 10.9 Å². The van der Waals surface area contributed by atoms with E-state index in [0.717, 1.165) is 24.3 Å². The highest BCUT2D eigenvalue weighted by Gasteiger charge is 2.88. The van der Waals surface area contributed by atoms with E-state index < -0.39 is 35.2 Å². The summed E-state index contributed by atoms with van der Waals surface area (Å²) in [7, 11) is 0. The molecule has 1 heterocycles. The molecule has 0 saturated carbocycles. The smallest absolute Gasteiger partial charge is 0.225 e. The first-order valence-corrected chi connectivity index (χ1v) is 6.50. The molecule has 0 bridgehead atoms. The van der Waals surface area contributed by atoms with Crippen molar-refractivity contribution in [3.8, 4) is 0 Å². The maximum atomic E-state index is 14.0. The second-order valence-electron chi connectivity index (χ2n) is 4.73. The molecule has 1 saturated heterocycles. The summed E-state index contributed by atoms with van der Waals surface area (Å²) in [5, 5.41) is 0. The fraction of sp³-hybridized carbons (Fsp3) is 0.455. The van der Waals surface area contributed by atoms with Gasteiger partial charge in [-0.3, -0.25) is 0 Å². The minimum atomic E-state index is -6.93. The van der Waals surface area contributed by atoms with Gasteiger partial charge < -0.3 is 0 Å². The number of nitrogens with one attached hydrogen (secondary N) is 2. The summed E-state index contributed by atoms with van der Waals surface area (Å²) in [5.41, 5.74) is -0.765. The highest BCUT2D eigenvalue weighted by atomic mass is 79.9. The topological polar surface area (TPSA) is 43.9 Å². The number of hydrazine groups is 1. The van der Waals surface area contributed by atoms with E-state index in [9.17, 15) is 39.5 Å². The van der Waals surface area contributed by atoms with E-state index >= 15 is 0 Å². The van der Waals surface area contributed by atoms with Crippen molar-refractivity contribution in [1.82, 2.24) is 10.9 Å². The van der Waals surface area contributed by atoms with E-state index in [0.29, 0.717) is 4.47 Å².